The van der Waals surface area contributed by atoms with E-state index in [0.29, 0.717) is 6.42 Å². The SMILES string of the molecule is CCSCCC(C)NC(=O)NC(C(=O)O)C(C)CC. The number of amides is 2. The summed E-state index contributed by atoms with van der Waals surface area (Å²) in [5.41, 5.74) is 0. The molecule has 0 bridgehead atoms. The highest BCUT2D eigenvalue weighted by molar-refractivity contribution is 7.99. The van der Waals surface area contributed by atoms with Crippen LogP contribution in [-0.2, 0) is 4.79 Å². The van der Waals surface area contributed by atoms with Gasteiger partial charge in [0.15, 0.2) is 0 Å². The third-order valence-electron chi connectivity index (χ3n) is 3.04. The Morgan fingerprint density at radius 2 is 1.84 bits per heavy atom. The Labute approximate surface area is 119 Å². The first-order valence-electron chi connectivity index (χ1n) is 6.79. The van der Waals surface area contributed by atoms with Crippen molar-refractivity contribution in [3.8, 4) is 0 Å². The van der Waals surface area contributed by atoms with Crippen LogP contribution in [0.5, 0.6) is 0 Å². The lowest BCUT2D eigenvalue weighted by atomic mass is 9.99. The van der Waals surface area contributed by atoms with E-state index in [0.717, 1.165) is 17.9 Å². The monoisotopic (exact) mass is 290 g/mol. The Hall–Kier alpha value is -0.910. The molecular weight excluding hydrogens is 264 g/mol. The first-order valence-corrected chi connectivity index (χ1v) is 7.95. The summed E-state index contributed by atoms with van der Waals surface area (Å²) >= 11 is 1.83. The Morgan fingerprint density at radius 1 is 1.21 bits per heavy atom. The van der Waals surface area contributed by atoms with Crippen molar-refractivity contribution in [2.75, 3.05) is 11.5 Å². The second-order valence-electron chi connectivity index (χ2n) is 4.71. The summed E-state index contributed by atoms with van der Waals surface area (Å²) in [4.78, 5) is 22.8. The van der Waals surface area contributed by atoms with Crippen LogP contribution in [0.25, 0.3) is 0 Å². The summed E-state index contributed by atoms with van der Waals surface area (Å²) in [5.74, 6) is 0.979. The van der Waals surface area contributed by atoms with E-state index in [1.807, 2.05) is 32.5 Å². The summed E-state index contributed by atoms with van der Waals surface area (Å²) in [7, 11) is 0. The Morgan fingerprint density at radius 3 is 2.32 bits per heavy atom. The highest BCUT2D eigenvalue weighted by Crippen LogP contribution is 2.08. The molecule has 0 saturated carbocycles. The van der Waals surface area contributed by atoms with Gasteiger partial charge in [0.25, 0.3) is 0 Å². The molecule has 0 saturated heterocycles. The van der Waals surface area contributed by atoms with Crippen LogP contribution in [0.4, 0.5) is 4.79 Å². The van der Waals surface area contributed by atoms with E-state index in [1.54, 1.807) is 0 Å². The Bertz CT molecular complexity index is 287. The van der Waals surface area contributed by atoms with Crippen molar-refractivity contribution in [1.82, 2.24) is 10.6 Å². The second-order valence-corrected chi connectivity index (χ2v) is 6.10. The lowest BCUT2D eigenvalue weighted by Gasteiger charge is -2.22. The highest BCUT2D eigenvalue weighted by atomic mass is 32.2. The van der Waals surface area contributed by atoms with E-state index in [-0.39, 0.29) is 12.0 Å². The molecule has 0 fully saturated rings. The maximum atomic E-state index is 11.7. The number of nitrogens with one attached hydrogen (secondary N) is 2. The Balaban J connectivity index is 4.15. The molecule has 6 heteroatoms. The molecule has 0 aromatic heterocycles. The van der Waals surface area contributed by atoms with E-state index in [2.05, 4.69) is 17.6 Å². The van der Waals surface area contributed by atoms with Crippen LogP contribution in [-0.4, -0.2) is 40.7 Å². The molecule has 0 aliphatic carbocycles. The van der Waals surface area contributed by atoms with E-state index >= 15 is 0 Å². The maximum Gasteiger partial charge on any atom is 0.326 e. The molecule has 0 aliphatic rings. The number of carbonyl (C=O) groups is 2. The molecule has 0 radical (unpaired) electrons. The van der Waals surface area contributed by atoms with Gasteiger partial charge in [0.2, 0.25) is 0 Å². The minimum absolute atomic E-state index is 0.0467. The van der Waals surface area contributed by atoms with Gasteiger partial charge in [-0.05, 0) is 30.8 Å². The van der Waals surface area contributed by atoms with Gasteiger partial charge < -0.3 is 15.7 Å². The van der Waals surface area contributed by atoms with Crippen molar-refractivity contribution >= 4 is 23.8 Å². The van der Waals surface area contributed by atoms with Gasteiger partial charge in [0.05, 0.1) is 0 Å². The van der Waals surface area contributed by atoms with Crippen molar-refractivity contribution in [2.45, 2.75) is 52.6 Å². The van der Waals surface area contributed by atoms with E-state index in [1.165, 1.54) is 0 Å². The molecule has 0 spiro atoms. The van der Waals surface area contributed by atoms with Crippen LogP contribution in [0.3, 0.4) is 0 Å². The molecule has 0 rings (SSSR count). The number of urea groups is 1. The number of carboxylic acids is 1. The van der Waals surface area contributed by atoms with Gasteiger partial charge in [-0.1, -0.05) is 27.2 Å². The van der Waals surface area contributed by atoms with Gasteiger partial charge in [-0.15, -0.1) is 0 Å². The molecule has 112 valence electrons. The highest BCUT2D eigenvalue weighted by Gasteiger charge is 2.25. The van der Waals surface area contributed by atoms with Gasteiger partial charge in [-0.2, -0.15) is 11.8 Å². The second kappa shape index (κ2) is 9.95. The number of carbonyl (C=O) groups excluding carboxylic acids is 1. The number of carboxylic acid groups (broad SMARTS) is 1. The molecule has 3 atom stereocenters. The molecule has 19 heavy (non-hydrogen) atoms. The third kappa shape index (κ3) is 7.97. The lowest BCUT2D eigenvalue weighted by Crippen LogP contribution is -2.51. The molecule has 0 aromatic carbocycles. The molecule has 2 amide bonds. The minimum atomic E-state index is -0.987. The topological polar surface area (TPSA) is 78.4 Å². The summed E-state index contributed by atoms with van der Waals surface area (Å²) in [6.45, 7) is 7.75. The Kier molecular flexibility index (Phi) is 9.47. The lowest BCUT2D eigenvalue weighted by molar-refractivity contribution is -0.140. The molecule has 0 aromatic rings. The average Bonchev–Trinajstić information content (AvgIpc) is 2.35. The first kappa shape index (κ1) is 18.1. The zero-order valence-electron chi connectivity index (χ0n) is 12.2. The zero-order chi connectivity index (χ0) is 14.8. The van der Waals surface area contributed by atoms with E-state index < -0.39 is 18.0 Å². The minimum Gasteiger partial charge on any atom is -0.480 e. The number of hydrogen-bond acceptors (Lipinski definition) is 3. The fourth-order valence-electron chi connectivity index (χ4n) is 1.57. The van der Waals surface area contributed by atoms with Crippen molar-refractivity contribution < 1.29 is 14.7 Å². The largest absolute Gasteiger partial charge is 0.480 e. The van der Waals surface area contributed by atoms with Gasteiger partial charge in [0, 0.05) is 6.04 Å². The van der Waals surface area contributed by atoms with Crippen molar-refractivity contribution in [3.05, 3.63) is 0 Å². The normalized spacial score (nSPS) is 15.4. The molecule has 0 heterocycles. The van der Waals surface area contributed by atoms with E-state index in [4.69, 9.17) is 5.11 Å². The predicted octanol–water partition coefficient (Wildman–Crippen LogP) is 2.32. The average molecular weight is 290 g/mol. The molecule has 3 N–H and O–H groups in total. The van der Waals surface area contributed by atoms with Crippen LogP contribution in [0.1, 0.15) is 40.5 Å². The third-order valence-corrected chi connectivity index (χ3v) is 3.98. The number of hydrogen-bond donors (Lipinski definition) is 3. The molecule has 0 aliphatic heterocycles. The van der Waals surface area contributed by atoms with E-state index in [9.17, 15) is 9.59 Å². The molecule has 5 nitrogen and oxygen atoms in total. The van der Waals surface area contributed by atoms with Crippen LogP contribution in [0, 0.1) is 5.92 Å². The quantitative estimate of drug-likeness (QED) is 0.569. The van der Waals surface area contributed by atoms with Crippen LogP contribution in [0.15, 0.2) is 0 Å². The predicted molar refractivity (Wildman–Crippen MR) is 79.6 cm³/mol. The van der Waals surface area contributed by atoms with Crippen LogP contribution >= 0.6 is 11.8 Å². The smallest absolute Gasteiger partial charge is 0.326 e. The number of thioether (sulfide) groups is 1. The summed E-state index contributed by atoms with van der Waals surface area (Å²) in [6, 6.07) is -1.19. The molecule has 3 unspecified atom stereocenters. The molecular formula is C13H26N2O3S. The first-order chi connectivity index (χ1) is 8.92. The van der Waals surface area contributed by atoms with Gasteiger partial charge >= 0.3 is 12.0 Å². The fraction of sp³-hybridized carbons (Fsp3) is 0.846. The van der Waals surface area contributed by atoms with Crippen molar-refractivity contribution in [2.24, 2.45) is 5.92 Å². The fourth-order valence-corrected chi connectivity index (χ4v) is 2.38. The number of rotatable bonds is 9. The van der Waals surface area contributed by atoms with Crippen molar-refractivity contribution in [3.63, 3.8) is 0 Å². The van der Waals surface area contributed by atoms with Gasteiger partial charge in [-0.3, -0.25) is 0 Å². The van der Waals surface area contributed by atoms with Crippen LogP contribution in [0.2, 0.25) is 0 Å². The van der Waals surface area contributed by atoms with Gasteiger partial charge in [0.1, 0.15) is 6.04 Å². The van der Waals surface area contributed by atoms with Crippen LogP contribution < -0.4 is 10.6 Å². The summed E-state index contributed by atoms with van der Waals surface area (Å²) in [5, 5.41) is 14.4. The summed E-state index contributed by atoms with van der Waals surface area (Å²) < 4.78 is 0. The summed E-state index contributed by atoms with van der Waals surface area (Å²) in [6.07, 6.45) is 1.59. The van der Waals surface area contributed by atoms with Crippen molar-refractivity contribution in [1.29, 1.82) is 0 Å². The standard InChI is InChI=1S/C13H26N2O3S/c1-5-9(3)11(12(16)17)15-13(18)14-10(4)7-8-19-6-2/h9-11H,5-8H2,1-4H3,(H,16,17)(H2,14,15,18). The van der Waals surface area contributed by atoms with Gasteiger partial charge in [-0.25, -0.2) is 9.59 Å². The number of aliphatic carboxylic acids is 1. The maximum absolute atomic E-state index is 11.7. The zero-order valence-corrected chi connectivity index (χ0v) is 13.0.